The summed E-state index contributed by atoms with van der Waals surface area (Å²) in [5.41, 5.74) is 1.62. The molecule has 6 heteroatoms. The Balaban J connectivity index is 1.97. The van der Waals surface area contributed by atoms with Gasteiger partial charge in [-0.1, -0.05) is 72.3 Å². The molecule has 0 radical (unpaired) electrons. The lowest BCUT2D eigenvalue weighted by atomic mass is 9.99. The van der Waals surface area contributed by atoms with Crippen molar-refractivity contribution in [2.75, 3.05) is 0 Å². The first-order valence-corrected chi connectivity index (χ1v) is 10.3. The Hall–Kier alpha value is -1.85. The second-order valence-corrected chi connectivity index (χ2v) is 8.40. The largest absolute Gasteiger partial charge is 0.241 e. The molecule has 0 spiro atoms. The number of halogens is 2. The fraction of sp³-hybridized carbons (Fsp3) is 0.100. The standard InChI is InChI=1S/C20H17Cl2NO2S/c21-17-11-13-18(14-12-17)26(24,25)23-20(16-9-5-2-6-10-16)19(22)15-7-3-1-4-8-15/h1-14,19-20,23H/t19-,20+/m1/s1. The Bertz CT molecular complexity index is 946. The van der Waals surface area contributed by atoms with Crippen LogP contribution in [0.15, 0.2) is 89.8 Å². The molecule has 26 heavy (non-hydrogen) atoms. The third-order valence-corrected chi connectivity index (χ3v) is 6.19. The average molecular weight is 406 g/mol. The molecule has 0 amide bonds. The maximum Gasteiger partial charge on any atom is 0.241 e. The summed E-state index contributed by atoms with van der Waals surface area (Å²) in [5.74, 6) is 0. The Morgan fingerprint density at radius 1 is 0.731 bits per heavy atom. The van der Waals surface area contributed by atoms with Crippen LogP contribution in [-0.4, -0.2) is 8.42 Å². The SMILES string of the molecule is O=S(=O)(N[C@@H](c1ccccc1)[C@H](Cl)c1ccccc1)c1ccc(Cl)cc1. The van der Waals surface area contributed by atoms with Gasteiger partial charge in [-0.25, -0.2) is 13.1 Å². The number of benzene rings is 3. The summed E-state index contributed by atoms with van der Waals surface area (Å²) in [4.78, 5) is 0.139. The highest BCUT2D eigenvalue weighted by molar-refractivity contribution is 7.89. The molecule has 0 saturated heterocycles. The van der Waals surface area contributed by atoms with Gasteiger partial charge in [0, 0.05) is 5.02 Å². The second-order valence-electron chi connectivity index (χ2n) is 5.78. The molecule has 3 rings (SSSR count). The van der Waals surface area contributed by atoms with Crippen molar-refractivity contribution >= 4 is 33.2 Å². The minimum atomic E-state index is -3.77. The number of sulfonamides is 1. The Morgan fingerprint density at radius 3 is 1.77 bits per heavy atom. The van der Waals surface area contributed by atoms with Crippen molar-refractivity contribution in [1.82, 2.24) is 4.72 Å². The number of alkyl halides is 1. The van der Waals surface area contributed by atoms with Crippen molar-refractivity contribution in [3.05, 3.63) is 101 Å². The van der Waals surface area contributed by atoms with Crippen LogP contribution in [0.3, 0.4) is 0 Å². The van der Waals surface area contributed by atoms with Crippen molar-refractivity contribution in [3.63, 3.8) is 0 Å². The van der Waals surface area contributed by atoms with Crippen LogP contribution < -0.4 is 4.72 Å². The van der Waals surface area contributed by atoms with Gasteiger partial charge in [-0.3, -0.25) is 0 Å². The molecule has 0 unspecified atom stereocenters. The van der Waals surface area contributed by atoms with Crippen LogP contribution in [0.5, 0.6) is 0 Å². The molecule has 0 saturated carbocycles. The van der Waals surface area contributed by atoms with Crippen molar-refractivity contribution < 1.29 is 8.42 Å². The molecule has 0 aliphatic carbocycles. The van der Waals surface area contributed by atoms with Crippen molar-refractivity contribution in [3.8, 4) is 0 Å². The van der Waals surface area contributed by atoms with Crippen LogP contribution in [-0.2, 0) is 10.0 Å². The molecule has 0 heterocycles. The van der Waals surface area contributed by atoms with E-state index in [0.29, 0.717) is 5.02 Å². The Morgan fingerprint density at radius 2 is 1.23 bits per heavy atom. The third kappa shape index (κ3) is 4.46. The number of rotatable bonds is 6. The zero-order chi connectivity index (χ0) is 18.6. The van der Waals surface area contributed by atoms with Gasteiger partial charge >= 0.3 is 0 Å². The molecule has 2 atom stereocenters. The van der Waals surface area contributed by atoms with Gasteiger partial charge in [-0.15, -0.1) is 11.6 Å². The van der Waals surface area contributed by atoms with Gasteiger partial charge in [0.15, 0.2) is 0 Å². The van der Waals surface area contributed by atoms with E-state index < -0.39 is 21.4 Å². The van der Waals surface area contributed by atoms with E-state index in [9.17, 15) is 8.42 Å². The summed E-state index contributed by atoms with van der Waals surface area (Å²) in [5, 5.41) is -0.0938. The molecule has 3 aromatic rings. The molecule has 1 N–H and O–H groups in total. The minimum Gasteiger partial charge on any atom is -0.207 e. The zero-order valence-electron chi connectivity index (χ0n) is 13.7. The zero-order valence-corrected chi connectivity index (χ0v) is 16.0. The van der Waals surface area contributed by atoms with Crippen molar-refractivity contribution in [1.29, 1.82) is 0 Å². The lowest BCUT2D eigenvalue weighted by Crippen LogP contribution is -2.31. The molecule has 0 aliphatic heterocycles. The van der Waals surface area contributed by atoms with E-state index in [1.165, 1.54) is 12.1 Å². The van der Waals surface area contributed by atoms with Crippen LogP contribution in [0.25, 0.3) is 0 Å². The fourth-order valence-electron chi connectivity index (χ4n) is 2.64. The fourth-order valence-corrected chi connectivity index (χ4v) is 4.43. The summed E-state index contributed by atoms with van der Waals surface area (Å²) in [6.07, 6.45) is 0. The summed E-state index contributed by atoms with van der Waals surface area (Å²) < 4.78 is 28.4. The van der Waals surface area contributed by atoms with Crippen LogP contribution in [0.1, 0.15) is 22.5 Å². The Kier molecular flexibility index (Phi) is 5.99. The van der Waals surface area contributed by atoms with E-state index in [1.807, 2.05) is 60.7 Å². The van der Waals surface area contributed by atoms with Gasteiger partial charge in [-0.2, -0.15) is 0 Å². The van der Waals surface area contributed by atoms with E-state index in [-0.39, 0.29) is 4.90 Å². The van der Waals surface area contributed by atoms with Gasteiger partial charge in [0.2, 0.25) is 10.0 Å². The predicted octanol–water partition coefficient (Wildman–Crippen LogP) is 5.34. The molecule has 3 nitrogen and oxygen atoms in total. The molecular formula is C20H17Cl2NO2S. The third-order valence-electron chi connectivity index (χ3n) is 3.98. The number of hydrogen-bond acceptors (Lipinski definition) is 2. The maximum absolute atomic E-state index is 12.9. The summed E-state index contributed by atoms with van der Waals surface area (Å²) in [7, 11) is -3.77. The van der Waals surface area contributed by atoms with Crippen molar-refractivity contribution in [2.24, 2.45) is 0 Å². The van der Waals surface area contributed by atoms with Gasteiger partial charge < -0.3 is 0 Å². The van der Waals surface area contributed by atoms with Gasteiger partial charge in [0.1, 0.15) is 0 Å². The molecule has 0 fully saturated rings. The monoisotopic (exact) mass is 405 g/mol. The smallest absolute Gasteiger partial charge is 0.207 e. The van der Waals surface area contributed by atoms with Crippen molar-refractivity contribution in [2.45, 2.75) is 16.3 Å². The lowest BCUT2D eigenvalue weighted by molar-refractivity contribution is 0.549. The van der Waals surface area contributed by atoms with Crippen LogP contribution in [0, 0.1) is 0 Å². The summed E-state index contributed by atoms with van der Waals surface area (Å²) in [6, 6.07) is 24.1. The highest BCUT2D eigenvalue weighted by Gasteiger charge is 2.28. The normalized spacial score (nSPS) is 13.9. The molecule has 134 valence electrons. The summed E-state index contributed by atoms with van der Waals surface area (Å²) in [6.45, 7) is 0. The van der Waals surface area contributed by atoms with E-state index in [0.717, 1.165) is 11.1 Å². The van der Waals surface area contributed by atoms with Gasteiger partial charge in [0.25, 0.3) is 0 Å². The first-order chi connectivity index (χ1) is 12.5. The quantitative estimate of drug-likeness (QED) is 0.562. The second kappa shape index (κ2) is 8.23. The number of nitrogens with one attached hydrogen (secondary N) is 1. The topological polar surface area (TPSA) is 46.2 Å². The number of hydrogen-bond donors (Lipinski definition) is 1. The highest BCUT2D eigenvalue weighted by atomic mass is 35.5. The van der Waals surface area contributed by atoms with E-state index in [1.54, 1.807) is 12.1 Å². The van der Waals surface area contributed by atoms with E-state index >= 15 is 0 Å². The Labute approximate surface area is 163 Å². The van der Waals surface area contributed by atoms with Crippen LogP contribution in [0.4, 0.5) is 0 Å². The van der Waals surface area contributed by atoms with Gasteiger partial charge in [-0.05, 0) is 35.4 Å². The van der Waals surface area contributed by atoms with Crippen LogP contribution in [0.2, 0.25) is 5.02 Å². The lowest BCUT2D eigenvalue weighted by Gasteiger charge is -2.24. The van der Waals surface area contributed by atoms with Gasteiger partial charge in [0.05, 0.1) is 16.3 Å². The first kappa shape index (κ1) is 18.9. The summed E-state index contributed by atoms with van der Waals surface area (Å²) >= 11 is 12.5. The first-order valence-electron chi connectivity index (χ1n) is 7.99. The molecule has 0 aliphatic rings. The van der Waals surface area contributed by atoms with Crippen LogP contribution >= 0.6 is 23.2 Å². The molecule has 0 aromatic heterocycles. The molecular weight excluding hydrogens is 389 g/mol. The maximum atomic E-state index is 12.9. The molecule has 3 aromatic carbocycles. The highest BCUT2D eigenvalue weighted by Crippen LogP contribution is 2.35. The average Bonchev–Trinajstić information content (AvgIpc) is 2.67. The van der Waals surface area contributed by atoms with E-state index in [4.69, 9.17) is 23.2 Å². The predicted molar refractivity (Wildman–Crippen MR) is 106 cm³/mol. The molecule has 0 bridgehead atoms. The van der Waals surface area contributed by atoms with E-state index in [2.05, 4.69) is 4.72 Å². The minimum absolute atomic E-state index is 0.139.